The van der Waals surface area contributed by atoms with Gasteiger partial charge in [-0.05, 0) is 49.6 Å². The summed E-state index contributed by atoms with van der Waals surface area (Å²) < 4.78 is 0. The van der Waals surface area contributed by atoms with Gasteiger partial charge in [-0.1, -0.05) is 42.5 Å². The van der Waals surface area contributed by atoms with Crippen LogP contribution in [-0.4, -0.2) is 41.4 Å². The van der Waals surface area contributed by atoms with Crippen LogP contribution in [0, 0.1) is 11.8 Å². The average Bonchev–Trinajstić information content (AvgIpc) is 3.21. The predicted octanol–water partition coefficient (Wildman–Crippen LogP) is 3.08. The second kappa shape index (κ2) is 6.48. The quantitative estimate of drug-likeness (QED) is 0.801. The molecule has 122 valence electrons. The fourth-order valence-corrected chi connectivity index (χ4v) is 4.52. The van der Waals surface area contributed by atoms with E-state index >= 15 is 0 Å². The van der Waals surface area contributed by atoms with Gasteiger partial charge in [0.25, 0.3) is 0 Å². The Kier molecular flexibility index (Phi) is 4.21. The van der Waals surface area contributed by atoms with E-state index in [4.69, 9.17) is 0 Å². The van der Waals surface area contributed by atoms with Crippen molar-refractivity contribution in [1.82, 2.24) is 9.80 Å². The third kappa shape index (κ3) is 3.07. The second-order valence-corrected chi connectivity index (χ2v) is 7.32. The molecule has 0 saturated carbocycles. The summed E-state index contributed by atoms with van der Waals surface area (Å²) in [7, 11) is 0. The summed E-state index contributed by atoms with van der Waals surface area (Å²) >= 11 is 0. The van der Waals surface area contributed by atoms with Gasteiger partial charge in [-0.15, -0.1) is 0 Å². The van der Waals surface area contributed by atoms with Crippen LogP contribution in [0.25, 0.3) is 0 Å². The van der Waals surface area contributed by atoms with Gasteiger partial charge >= 0.3 is 0 Å². The lowest BCUT2D eigenvalue weighted by Gasteiger charge is -2.28. The van der Waals surface area contributed by atoms with Crippen molar-refractivity contribution in [2.24, 2.45) is 11.8 Å². The van der Waals surface area contributed by atoms with Crippen molar-refractivity contribution in [1.29, 1.82) is 0 Å². The van der Waals surface area contributed by atoms with Crippen molar-refractivity contribution in [3.05, 3.63) is 48.0 Å². The maximum absolute atomic E-state index is 13.1. The van der Waals surface area contributed by atoms with E-state index in [0.717, 1.165) is 51.9 Å². The first-order valence-corrected chi connectivity index (χ1v) is 9.03. The van der Waals surface area contributed by atoms with E-state index in [1.807, 2.05) is 0 Å². The summed E-state index contributed by atoms with van der Waals surface area (Å²) in [5.74, 6) is 1.79. The monoisotopic (exact) mass is 310 g/mol. The van der Waals surface area contributed by atoms with Crippen molar-refractivity contribution >= 4 is 5.91 Å². The molecule has 1 amide bonds. The lowest BCUT2D eigenvalue weighted by molar-refractivity contribution is -0.135. The first-order valence-electron chi connectivity index (χ1n) is 9.03. The SMILES string of the molecule is O=C(C1CCCN1Cc1ccccc1)N1C[C@H]2CC=CC[C@H]2C1. The maximum atomic E-state index is 13.1. The van der Waals surface area contributed by atoms with Crippen LogP contribution in [0.2, 0.25) is 0 Å². The molecule has 3 atom stereocenters. The van der Waals surface area contributed by atoms with Gasteiger partial charge in [0.1, 0.15) is 0 Å². The fraction of sp³-hybridized carbons (Fsp3) is 0.550. The summed E-state index contributed by atoms with van der Waals surface area (Å²) in [5.41, 5.74) is 1.31. The number of fused-ring (bicyclic) bond motifs is 1. The first kappa shape index (κ1) is 14.9. The van der Waals surface area contributed by atoms with E-state index < -0.39 is 0 Å². The molecule has 2 aliphatic heterocycles. The van der Waals surface area contributed by atoms with E-state index in [1.54, 1.807) is 0 Å². The van der Waals surface area contributed by atoms with Crippen LogP contribution in [0.15, 0.2) is 42.5 Å². The van der Waals surface area contributed by atoms with E-state index in [0.29, 0.717) is 17.7 Å². The molecule has 2 heterocycles. The molecule has 0 spiro atoms. The average molecular weight is 310 g/mol. The number of amides is 1. The Labute approximate surface area is 139 Å². The summed E-state index contributed by atoms with van der Waals surface area (Å²) in [6.07, 6.45) is 9.08. The number of nitrogens with zero attached hydrogens (tertiary/aromatic N) is 2. The Morgan fingerprint density at radius 1 is 1.04 bits per heavy atom. The molecular formula is C20H26N2O. The van der Waals surface area contributed by atoms with Crippen molar-refractivity contribution in [2.75, 3.05) is 19.6 Å². The number of hydrogen-bond donors (Lipinski definition) is 0. The van der Waals surface area contributed by atoms with Crippen molar-refractivity contribution in [3.63, 3.8) is 0 Å². The highest BCUT2D eigenvalue weighted by molar-refractivity contribution is 5.82. The Bertz CT molecular complexity index is 567. The summed E-state index contributed by atoms with van der Waals surface area (Å²) in [6.45, 7) is 3.90. The molecule has 3 aliphatic rings. The smallest absolute Gasteiger partial charge is 0.239 e. The van der Waals surface area contributed by atoms with Crippen LogP contribution >= 0.6 is 0 Å². The van der Waals surface area contributed by atoms with E-state index in [2.05, 4.69) is 52.3 Å². The highest BCUT2D eigenvalue weighted by Crippen LogP contribution is 2.34. The molecule has 3 heteroatoms. The van der Waals surface area contributed by atoms with Crippen LogP contribution < -0.4 is 0 Å². The van der Waals surface area contributed by atoms with Crippen LogP contribution in [0.3, 0.4) is 0 Å². The molecule has 0 radical (unpaired) electrons. The number of allylic oxidation sites excluding steroid dienone is 2. The van der Waals surface area contributed by atoms with Crippen molar-refractivity contribution in [2.45, 2.75) is 38.3 Å². The topological polar surface area (TPSA) is 23.6 Å². The molecule has 1 aromatic rings. The number of carbonyl (C=O) groups excluding carboxylic acids is 1. The summed E-state index contributed by atoms with van der Waals surface area (Å²) in [5, 5.41) is 0. The molecule has 0 aromatic heterocycles. The zero-order valence-electron chi connectivity index (χ0n) is 13.7. The van der Waals surface area contributed by atoms with Crippen molar-refractivity contribution in [3.8, 4) is 0 Å². The van der Waals surface area contributed by atoms with Gasteiger partial charge in [-0.2, -0.15) is 0 Å². The highest BCUT2D eigenvalue weighted by Gasteiger charge is 2.40. The zero-order chi connectivity index (χ0) is 15.6. The van der Waals surface area contributed by atoms with Gasteiger partial charge in [-0.3, -0.25) is 9.69 Å². The van der Waals surface area contributed by atoms with Gasteiger partial charge in [0.05, 0.1) is 6.04 Å². The Hall–Kier alpha value is -1.61. The minimum absolute atomic E-state index is 0.100. The molecule has 23 heavy (non-hydrogen) atoms. The van der Waals surface area contributed by atoms with Crippen LogP contribution in [-0.2, 0) is 11.3 Å². The number of carbonyl (C=O) groups is 1. The Morgan fingerprint density at radius 3 is 2.43 bits per heavy atom. The molecule has 3 nitrogen and oxygen atoms in total. The van der Waals surface area contributed by atoms with Crippen molar-refractivity contribution < 1.29 is 4.79 Å². The molecule has 2 saturated heterocycles. The van der Waals surface area contributed by atoms with Gasteiger partial charge < -0.3 is 4.90 Å². The van der Waals surface area contributed by atoms with Crippen LogP contribution in [0.5, 0.6) is 0 Å². The molecular weight excluding hydrogens is 284 g/mol. The zero-order valence-corrected chi connectivity index (χ0v) is 13.7. The third-order valence-corrected chi connectivity index (χ3v) is 5.81. The molecule has 1 aromatic carbocycles. The predicted molar refractivity (Wildman–Crippen MR) is 91.8 cm³/mol. The molecule has 1 aliphatic carbocycles. The lowest BCUT2D eigenvalue weighted by Crippen LogP contribution is -2.44. The minimum Gasteiger partial charge on any atom is -0.341 e. The molecule has 0 N–H and O–H groups in total. The van der Waals surface area contributed by atoms with Gasteiger partial charge in [0.15, 0.2) is 0 Å². The fourth-order valence-electron chi connectivity index (χ4n) is 4.52. The van der Waals surface area contributed by atoms with Crippen LogP contribution in [0.1, 0.15) is 31.2 Å². The normalized spacial score (nSPS) is 30.6. The maximum Gasteiger partial charge on any atom is 0.239 e. The Balaban J connectivity index is 1.41. The lowest BCUT2D eigenvalue weighted by atomic mass is 9.86. The molecule has 1 unspecified atom stereocenters. The number of hydrogen-bond acceptors (Lipinski definition) is 2. The van der Waals surface area contributed by atoms with E-state index in [1.165, 1.54) is 5.56 Å². The van der Waals surface area contributed by atoms with Gasteiger partial charge in [0.2, 0.25) is 5.91 Å². The van der Waals surface area contributed by atoms with E-state index in [9.17, 15) is 4.79 Å². The summed E-state index contributed by atoms with van der Waals surface area (Å²) in [4.78, 5) is 17.6. The second-order valence-electron chi connectivity index (χ2n) is 7.32. The van der Waals surface area contributed by atoms with Crippen LogP contribution in [0.4, 0.5) is 0 Å². The number of likely N-dealkylation sites (tertiary alicyclic amines) is 2. The Morgan fingerprint density at radius 2 is 1.74 bits per heavy atom. The minimum atomic E-state index is 0.100. The largest absolute Gasteiger partial charge is 0.341 e. The molecule has 2 fully saturated rings. The first-order chi connectivity index (χ1) is 11.3. The highest BCUT2D eigenvalue weighted by atomic mass is 16.2. The van der Waals surface area contributed by atoms with Gasteiger partial charge in [-0.25, -0.2) is 0 Å². The van der Waals surface area contributed by atoms with E-state index in [-0.39, 0.29) is 6.04 Å². The number of benzene rings is 1. The molecule has 0 bridgehead atoms. The summed E-state index contributed by atoms with van der Waals surface area (Å²) in [6, 6.07) is 10.6. The van der Waals surface area contributed by atoms with Gasteiger partial charge in [0, 0.05) is 19.6 Å². The molecule has 4 rings (SSSR count). The third-order valence-electron chi connectivity index (χ3n) is 5.81. The standard InChI is InChI=1S/C20H26N2O/c23-20(22-14-17-9-4-5-10-18(17)15-22)19-11-6-12-21(19)13-16-7-2-1-3-8-16/h1-5,7-8,17-19H,6,9-15H2/t17-,18+,19?. The number of rotatable bonds is 3.